The number of hydrogen-bond acceptors (Lipinski definition) is 13. The molecule has 79 heavy (non-hydrogen) atoms. The Labute approximate surface area is 459 Å². The molecule has 5 atom stereocenters. The zero-order valence-corrected chi connectivity index (χ0v) is 44.8. The third-order valence-electron chi connectivity index (χ3n) is 19.0. The number of halogens is 2. The summed E-state index contributed by atoms with van der Waals surface area (Å²) in [4.78, 5) is 64.2. The topological polar surface area (TPSA) is 166 Å². The summed E-state index contributed by atoms with van der Waals surface area (Å²) in [5.74, 6) is 2.85. The highest BCUT2D eigenvalue weighted by Gasteiger charge is 2.50. The molecule has 8 aliphatic rings. The average Bonchev–Trinajstić information content (AvgIpc) is 4.12. The van der Waals surface area contributed by atoms with E-state index in [1.165, 1.54) is 12.5 Å². The molecule has 0 bridgehead atoms. The van der Waals surface area contributed by atoms with Gasteiger partial charge in [0.15, 0.2) is 5.82 Å². The number of pyridine rings is 1. The molecular weight excluding hydrogens is 1010 g/mol. The number of rotatable bonds is 11. The largest absolute Gasteiger partial charge is 0.461 e. The Morgan fingerprint density at radius 2 is 1.68 bits per heavy atom. The molecule has 10 heterocycles. The lowest BCUT2D eigenvalue weighted by Gasteiger charge is -2.36. The summed E-state index contributed by atoms with van der Waals surface area (Å²) in [6, 6.07) is 14.2. The first-order valence-electron chi connectivity index (χ1n) is 28.9. The fraction of sp³-hybridized carbons (Fsp3) is 0.541. The molecule has 0 radical (unpaired) electrons. The summed E-state index contributed by atoms with van der Waals surface area (Å²) in [6.45, 7) is 7.06. The highest BCUT2D eigenvalue weighted by Crippen LogP contribution is 2.45. The fourth-order valence-electron chi connectivity index (χ4n) is 14.7. The van der Waals surface area contributed by atoms with E-state index in [1.807, 2.05) is 23.1 Å². The number of nitrogens with zero attached hydrogens (tertiary/aromatic N) is 8. The number of terminal acetylenes is 1. The van der Waals surface area contributed by atoms with Gasteiger partial charge < -0.3 is 44.2 Å². The fourth-order valence-corrected chi connectivity index (χ4v) is 14.7. The van der Waals surface area contributed by atoms with Gasteiger partial charge >= 0.3 is 12.1 Å². The van der Waals surface area contributed by atoms with Gasteiger partial charge in [-0.2, -0.15) is 9.97 Å². The number of aryl methyl sites for hydroxylation is 1. The molecule has 0 aliphatic carbocycles. The molecule has 6 saturated heterocycles. The maximum Gasteiger partial charge on any atom is 0.409 e. The maximum absolute atomic E-state index is 17.4. The SMILES string of the molecule is C#Cc1c(F)ccc2cccc(-c3nc4c5c(nc(OC[C@@]67CCCN6[C@H](COC(=O)N6CCC(CCC8CCN(c9ccc%10c(c9)CN(C9CCC(=O)NC9O)C%10=O)CC8)CC6)CC7)nc5c3F)N3CCCOC[C@@H]3CC4)c12. The van der Waals surface area contributed by atoms with Crippen molar-refractivity contribution in [3.63, 3.8) is 0 Å². The van der Waals surface area contributed by atoms with Crippen molar-refractivity contribution in [2.75, 3.05) is 75.5 Å². The van der Waals surface area contributed by atoms with Crippen molar-refractivity contribution in [1.29, 1.82) is 0 Å². The van der Waals surface area contributed by atoms with Gasteiger partial charge in [-0.3, -0.25) is 14.5 Å². The van der Waals surface area contributed by atoms with Gasteiger partial charge in [0.05, 0.1) is 40.9 Å². The first-order valence-corrected chi connectivity index (χ1v) is 28.9. The van der Waals surface area contributed by atoms with Crippen LogP contribution < -0.4 is 19.9 Å². The first-order chi connectivity index (χ1) is 38.5. The van der Waals surface area contributed by atoms with Crippen molar-refractivity contribution in [3.05, 3.63) is 82.5 Å². The van der Waals surface area contributed by atoms with Gasteiger partial charge in [-0.25, -0.2) is 18.6 Å². The number of amides is 3. The van der Waals surface area contributed by atoms with E-state index in [0.29, 0.717) is 123 Å². The average molecular weight is 1080 g/mol. The van der Waals surface area contributed by atoms with E-state index in [2.05, 4.69) is 32.0 Å². The zero-order chi connectivity index (χ0) is 53.9. The van der Waals surface area contributed by atoms with Gasteiger partial charge in [0.25, 0.3) is 5.91 Å². The molecular formula is C61H69F2N9O7. The second-order valence-electron chi connectivity index (χ2n) is 23.5. The van der Waals surface area contributed by atoms with Crippen LogP contribution in [0.5, 0.6) is 6.01 Å². The highest BCUT2D eigenvalue weighted by atomic mass is 19.1. The third-order valence-corrected chi connectivity index (χ3v) is 19.0. The van der Waals surface area contributed by atoms with Crippen LogP contribution in [0.2, 0.25) is 0 Å². The number of aliphatic hydroxyl groups excluding tert-OH is 1. The molecule has 16 nitrogen and oxygen atoms in total. The van der Waals surface area contributed by atoms with E-state index >= 15 is 8.78 Å². The predicted octanol–water partition coefficient (Wildman–Crippen LogP) is 8.12. The quantitative estimate of drug-likeness (QED) is 0.122. The number of carbonyl (C=O) groups excluding carboxylic acids is 3. The van der Waals surface area contributed by atoms with Crippen LogP contribution in [0.1, 0.15) is 117 Å². The third kappa shape index (κ3) is 9.66. The number of aliphatic hydroxyl groups is 1. The highest BCUT2D eigenvalue weighted by molar-refractivity contribution is 6.03. The standard InChI is InChI=1S/C61H69F2N9O7/c1-2-44-47(62)14-10-39-6-3-7-46(51(39)44)54-53(63)55-52-48(64-54)15-12-42-34-77-31-5-25-70(42)56(52)67-59(66-55)79-36-61-23-4-26-72(61)43(18-24-61)35-78-60(76)69-29-21-38(22-30-69)9-8-37-19-27-68(28-20-37)41-11-13-45-40(32-41)33-71(58(45)75)49-16-17-50(73)65-57(49)74/h1,3,6-7,10-11,13-14,32,37-38,42-43,49,57,74H,4-5,8-9,12,15-31,33-36H2,(H,65,73)/t42-,43-,49?,57?,61-/m0/s1. The van der Waals surface area contributed by atoms with E-state index < -0.39 is 23.9 Å². The van der Waals surface area contributed by atoms with E-state index in [-0.39, 0.29) is 58.3 Å². The minimum absolute atomic E-state index is 0.00387. The normalized spacial score (nSPS) is 25.7. The molecule has 13 rings (SSSR count). The lowest BCUT2D eigenvalue weighted by atomic mass is 9.85. The Hall–Kier alpha value is -6.68. The summed E-state index contributed by atoms with van der Waals surface area (Å²) in [5, 5.41) is 14.7. The van der Waals surface area contributed by atoms with Crippen LogP contribution in [0, 0.1) is 35.8 Å². The molecule has 414 valence electrons. The predicted molar refractivity (Wildman–Crippen MR) is 294 cm³/mol. The molecule has 18 heteroatoms. The number of carbonyl (C=O) groups is 3. The van der Waals surface area contributed by atoms with Crippen LogP contribution in [0.25, 0.3) is 32.9 Å². The van der Waals surface area contributed by atoms with Gasteiger partial charge in [-0.1, -0.05) is 43.0 Å². The molecule has 6 fully saturated rings. The van der Waals surface area contributed by atoms with E-state index in [4.69, 9.17) is 35.6 Å². The van der Waals surface area contributed by atoms with Crippen molar-refractivity contribution in [1.82, 2.24) is 35.0 Å². The molecule has 0 spiro atoms. The van der Waals surface area contributed by atoms with E-state index in [0.717, 1.165) is 102 Å². The van der Waals surface area contributed by atoms with Gasteiger partial charge in [0, 0.05) is 80.5 Å². The summed E-state index contributed by atoms with van der Waals surface area (Å²) in [7, 11) is 0. The Morgan fingerprint density at radius 3 is 2.49 bits per heavy atom. The molecule has 8 aliphatic heterocycles. The zero-order valence-electron chi connectivity index (χ0n) is 44.8. The molecule has 5 aromatic rings. The number of benzene rings is 3. The first kappa shape index (κ1) is 51.7. The van der Waals surface area contributed by atoms with Gasteiger partial charge in [0.2, 0.25) is 5.91 Å². The maximum atomic E-state index is 17.4. The lowest BCUT2D eigenvalue weighted by molar-refractivity contribution is -0.129. The number of aromatic nitrogens is 3. The van der Waals surface area contributed by atoms with Crippen molar-refractivity contribution < 1.29 is 42.5 Å². The molecule has 3 amide bonds. The van der Waals surface area contributed by atoms with Crippen molar-refractivity contribution in [2.24, 2.45) is 11.8 Å². The van der Waals surface area contributed by atoms with Crippen LogP contribution in [-0.2, 0) is 27.2 Å². The van der Waals surface area contributed by atoms with Crippen molar-refractivity contribution in [2.45, 2.75) is 133 Å². The van der Waals surface area contributed by atoms with Crippen molar-refractivity contribution >= 4 is 51.1 Å². The summed E-state index contributed by atoms with van der Waals surface area (Å²) in [5.41, 5.74) is 3.77. The van der Waals surface area contributed by atoms with Crippen molar-refractivity contribution in [3.8, 4) is 29.6 Å². The Morgan fingerprint density at radius 1 is 0.861 bits per heavy atom. The summed E-state index contributed by atoms with van der Waals surface area (Å²) in [6.07, 6.45) is 17.5. The molecule has 0 saturated carbocycles. The van der Waals surface area contributed by atoms with E-state index in [9.17, 15) is 19.5 Å². The Balaban J connectivity index is 0.613. The van der Waals surface area contributed by atoms with E-state index in [1.54, 1.807) is 23.1 Å². The van der Waals surface area contributed by atoms with Gasteiger partial charge in [-0.15, -0.1) is 6.42 Å². The Bertz CT molecular complexity index is 3250. The number of piperidine rings is 3. The van der Waals surface area contributed by atoms with Crippen LogP contribution in [0.3, 0.4) is 0 Å². The molecule has 3 aromatic carbocycles. The Kier molecular flexibility index (Phi) is 14.0. The lowest BCUT2D eigenvalue weighted by Crippen LogP contribution is -2.55. The summed E-state index contributed by atoms with van der Waals surface area (Å²) < 4.78 is 51.4. The molecule has 2 unspecified atom stereocenters. The van der Waals surface area contributed by atoms with Crippen LogP contribution >= 0.6 is 0 Å². The number of nitrogens with one attached hydrogen (secondary N) is 1. The number of fused-ring (bicyclic) bond motifs is 5. The molecule has 2 aromatic heterocycles. The minimum Gasteiger partial charge on any atom is -0.461 e. The smallest absolute Gasteiger partial charge is 0.409 e. The van der Waals surface area contributed by atoms with Crippen LogP contribution in [-0.4, -0.2) is 148 Å². The number of hydrogen-bond donors (Lipinski definition) is 2. The van der Waals surface area contributed by atoms with Crippen LogP contribution in [0.15, 0.2) is 48.5 Å². The second-order valence-corrected chi connectivity index (χ2v) is 23.5. The monoisotopic (exact) mass is 1080 g/mol. The number of anilines is 2. The summed E-state index contributed by atoms with van der Waals surface area (Å²) >= 11 is 0. The number of likely N-dealkylation sites (tertiary alicyclic amines) is 1. The molecule has 2 N–H and O–H groups in total. The van der Waals surface area contributed by atoms with Gasteiger partial charge in [0.1, 0.15) is 42.3 Å². The minimum atomic E-state index is -1.05. The van der Waals surface area contributed by atoms with Gasteiger partial charge in [-0.05, 0) is 131 Å². The number of ether oxygens (including phenoxy) is 3. The second kappa shape index (κ2) is 21.4. The van der Waals surface area contributed by atoms with Crippen LogP contribution in [0.4, 0.5) is 25.1 Å².